The number of hydrogen-bond acceptors (Lipinski definition) is 5. The van der Waals surface area contributed by atoms with E-state index in [0.717, 1.165) is 44.5 Å². The minimum Gasteiger partial charge on any atom is -0.508 e. The molecule has 1 amide bonds. The summed E-state index contributed by atoms with van der Waals surface area (Å²) in [7, 11) is 0. The van der Waals surface area contributed by atoms with Gasteiger partial charge in [0.05, 0.1) is 12.2 Å². The number of piperidine rings is 1. The highest BCUT2D eigenvalue weighted by Crippen LogP contribution is 2.25. The molecule has 0 spiro atoms. The van der Waals surface area contributed by atoms with Gasteiger partial charge in [-0.05, 0) is 62.4 Å². The lowest BCUT2D eigenvalue weighted by atomic mass is 9.90. The number of phenolic OH excluding ortho intramolecular Hbond substituents is 1. The maximum absolute atomic E-state index is 12.3. The van der Waals surface area contributed by atoms with E-state index < -0.39 is 0 Å². The number of phenols is 1. The van der Waals surface area contributed by atoms with Gasteiger partial charge < -0.3 is 9.63 Å². The Morgan fingerprint density at radius 3 is 2.54 bits per heavy atom. The number of aromatic hydroxyl groups is 1. The van der Waals surface area contributed by atoms with Crippen LogP contribution in [-0.2, 0) is 16.6 Å². The number of anilines is 1. The number of nitrogens with one attached hydrogen (secondary N) is 1. The average molecular weight is 386 g/mol. The Hall–Kier alpha value is -2.34. The second kappa shape index (κ2) is 8.78. The zero-order chi connectivity index (χ0) is 20.1. The van der Waals surface area contributed by atoms with E-state index in [0.29, 0.717) is 24.1 Å². The fourth-order valence-electron chi connectivity index (χ4n) is 3.53. The van der Waals surface area contributed by atoms with Gasteiger partial charge in [0, 0.05) is 11.5 Å². The summed E-state index contributed by atoms with van der Waals surface area (Å²) in [6, 6.07) is 9.27. The van der Waals surface area contributed by atoms with Crippen molar-refractivity contribution >= 4 is 11.8 Å². The summed E-state index contributed by atoms with van der Waals surface area (Å²) >= 11 is 0. The van der Waals surface area contributed by atoms with Crippen molar-refractivity contribution in [2.45, 2.75) is 51.9 Å². The normalized spacial score (nSPS) is 16.2. The topological polar surface area (TPSA) is 78.6 Å². The number of nitrogens with zero attached hydrogens (tertiary/aromatic N) is 2. The molecule has 0 unspecified atom stereocenters. The highest BCUT2D eigenvalue weighted by molar-refractivity contribution is 5.91. The second-order valence-electron chi connectivity index (χ2n) is 8.80. The summed E-state index contributed by atoms with van der Waals surface area (Å²) in [4.78, 5) is 14.5. The van der Waals surface area contributed by atoms with Crippen molar-refractivity contribution in [3.63, 3.8) is 0 Å². The van der Waals surface area contributed by atoms with Gasteiger partial charge in [-0.2, -0.15) is 0 Å². The number of aryl methyl sites for hydroxylation is 1. The molecular weight excluding hydrogens is 354 g/mol. The highest BCUT2D eigenvalue weighted by Gasteiger charge is 2.22. The Balaban J connectivity index is 1.38. The number of carbonyl (C=O) groups is 1. The van der Waals surface area contributed by atoms with Crippen molar-refractivity contribution < 1.29 is 14.4 Å². The molecule has 0 bridgehead atoms. The van der Waals surface area contributed by atoms with Gasteiger partial charge in [-0.1, -0.05) is 38.1 Å². The quantitative estimate of drug-likeness (QED) is 0.787. The first-order valence-corrected chi connectivity index (χ1v) is 10.1. The summed E-state index contributed by atoms with van der Waals surface area (Å²) in [5, 5.41) is 16.2. The lowest BCUT2D eigenvalue weighted by molar-refractivity contribution is -0.117. The predicted octanol–water partition coefficient (Wildman–Crippen LogP) is 3.96. The lowest BCUT2D eigenvalue weighted by Crippen LogP contribution is -2.39. The summed E-state index contributed by atoms with van der Waals surface area (Å²) in [5.41, 5.74) is 1.99. The Morgan fingerprint density at radius 2 is 1.93 bits per heavy atom. The molecule has 28 heavy (non-hydrogen) atoms. The molecule has 1 aromatic heterocycles. The van der Waals surface area contributed by atoms with Crippen LogP contribution in [0.15, 0.2) is 34.9 Å². The van der Waals surface area contributed by atoms with Crippen molar-refractivity contribution in [3.8, 4) is 5.75 Å². The third-order valence-corrected chi connectivity index (χ3v) is 5.39. The van der Waals surface area contributed by atoms with Crippen molar-refractivity contribution in [2.24, 2.45) is 5.92 Å². The first kappa shape index (κ1) is 20.4. The lowest BCUT2D eigenvalue weighted by Gasteiger charge is -2.31. The zero-order valence-electron chi connectivity index (χ0n) is 17.1. The number of rotatable bonds is 6. The van der Waals surface area contributed by atoms with Crippen molar-refractivity contribution in [2.75, 3.05) is 25.0 Å². The van der Waals surface area contributed by atoms with Gasteiger partial charge in [0.25, 0.3) is 0 Å². The van der Waals surface area contributed by atoms with E-state index in [1.165, 1.54) is 5.56 Å². The van der Waals surface area contributed by atoms with Crippen molar-refractivity contribution in [1.29, 1.82) is 0 Å². The minimum absolute atomic E-state index is 0.0563. The van der Waals surface area contributed by atoms with Crippen LogP contribution < -0.4 is 5.32 Å². The molecule has 1 fully saturated rings. The van der Waals surface area contributed by atoms with Crippen LogP contribution in [-0.4, -0.2) is 40.7 Å². The van der Waals surface area contributed by atoms with Crippen LogP contribution in [0.2, 0.25) is 0 Å². The maximum Gasteiger partial charge on any atom is 0.240 e. The molecule has 2 aromatic rings. The molecule has 1 saturated heterocycles. The van der Waals surface area contributed by atoms with E-state index in [-0.39, 0.29) is 11.3 Å². The van der Waals surface area contributed by atoms with Crippen LogP contribution in [0.3, 0.4) is 0 Å². The smallest absolute Gasteiger partial charge is 0.240 e. The fourth-order valence-corrected chi connectivity index (χ4v) is 3.53. The highest BCUT2D eigenvalue weighted by atomic mass is 16.5. The van der Waals surface area contributed by atoms with Crippen LogP contribution in [0.1, 0.15) is 51.3 Å². The van der Waals surface area contributed by atoms with E-state index >= 15 is 0 Å². The van der Waals surface area contributed by atoms with E-state index in [2.05, 4.69) is 36.1 Å². The Labute approximate surface area is 166 Å². The first-order chi connectivity index (χ1) is 13.3. The largest absolute Gasteiger partial charge is 0.508 e. The van der Waals surface area contributed by atoms with Gasteiger partial charge in [-0.3, -0.25) is 15.0 Å². The van der Waals surface area contributed by atoms with Gasteiger partial charge >= 0.3 is 0 Å². The average Bonchev–Trinajstić information content (AvgIpc) is 3.11. The molecule has 3 rings (SSSR count). The molecule has 2 N–H and O–H groups in total. The molecule has 1 aliphatic rings. The van der Waals surface area contributed by atoms with E-state index in [1.807, 2.05) is 12.1 Å². The van der Waals surface area contributed by atoms with Crippen molar-refractivity contribution in [1.82, 2.24) is 10.1 Å². The molecule has 152 valence electrons. The van der Waals surface area contributed by atoms with Crippen molar-refractivity contribution in [3.05, 3.63) is 41.6 Å². The minimum atomic E-state index is -0.103. The summed E-state index contributed by atoms with van der Waals surface area (Å²) in [6.07, 6.45) is 4.41. The van der Waals surface area contributed by atoms with E-state index in [9.17, 15) is 9.90 Å². The zero-order valence-corrected chi connectivity index (χ0v) is 17.1. The molecule has 0 radical (unpaired) electrons. The molecular formula is C22H31N3O3. The Kier molecular flexibility index (Phi) is 6.39. The molecule has 0 aliphatic carbocycles. The predicted molar refractivity (Wildman–Crippen MR) is 109 cm³/mol. The SMILES string of the molecule is CC(C)(C)c1cc(NC(=O)CN2CCC(CCc3ccc(O)cc3)CC2)on1. The van der Waals surface area contributed by atoms with Gasteiger partial charge in [-0.15, -0.1) is 0 Å². The third-order valence-electron chi connectivity index (χ3n) is 5.39. The molecule has 2 heterocycles. The van der Waals surface area contributed by atoms with Crippen LogP contribution in [0.25, 0.3) is 0 Å². The van der Waals surface area contributed by atoms with Crippen LogP contribution in [0.4, 0.5) is 5.88 Å². The third kappa shape index (κ3) is 5.83. The number of benzene rings is 1. The maximum atomic E-state index is 12.3. The summed E-state index contributed by atoms with van der Waals surface area (Å²) < 4.78 is 5.23. The standard InChI is InChI=1S/C22H31N3O3/c1-22(2,3)19-14-21(28-24-19)23-20(27)15-25-12-10-17(11-13-25)5-4-16-6-8-18(26)9-7-16/h6-9,14,17,26H,4-5,10-13,15H2,1-3H3,(H,23,27). The van der Waals surface area contributed by atoms with Gasteiger partial charge in [-0.25, -0.2) is 0 Å². The van der Waals surface area contributed by atoms with Gasteiger partial charge in [0.1, 0.15) is 5.75 Å². The van der Waals surface area contributed by atoms with E-state index in [4.69, 9.17) is 4.52 Å². The first-order valence-electron chi connectivity index (χ1n) is 10.1. The van der Waals surface area contributed by atoms with Crippen LogP contribution in [0.5, 0.6) is 5.75 Å². The number of likely N-dealkylation sites (tertiary alicyclic amines) is 1. The number of aromatic nitrogens is 1. The van der Waals surface area contributed by atoms with Gasteiger partial charge in [0.2, 0.25) is 11.8 Å². The fraction of sp³-hybridized carbons (Fsp3) is 0.545. The van der Waals surface area contributed by atoms with Crippen LogP contribution >= 0.6 is 0 Å². The second-order valence-corrected chi connectivity index (χ2v) is 8.80. The number of carbonyl (C=O) groups excluding carboxylic acids is 1. The molecule has 1 aliphatic heterocycles. The summed E-state index contributed by atoms with van der Waals surface area (Å²) in [6.45, 7) is 8.44. The number of hydrogen-bond donors (Lipinski definition) is 2. The molecule has 0 saturated carbocycles. The Bertz CT molecular complexity index is 769. The molecule has 6 nitrogen and oxygen atoms in total. The Morgan fingerprint density at radius 1 is 1.25 bits per heavy atom. The van der Waals surface area contributed by atoms with Crippen LogP contribution in [0, 0.1) is 5.92 Å². The monoisotopic (exact) mass is 385 g/mol. The van der Waals surface area contributed by atoms with E-state index in [1.54, 1.807) is 18.2 Å². The molecule has 1 aromatic carbocycles. The summed E-state index contributed by atoms with van der Waals surface area (Å²) in [5.74, 6) is 1.37. The molecule has 0 atom stereocenters. The van der Waals surface area contributed by atoms with Gasteiger partial charge in [0.15, 0.2) is 0 Å². The number of amides is 1. The molecule has 6 heteroatoms.